The standard InChI is InChI=1S/C20H22N4O5S/c1-3-20(25)23-19(15-8-6-10-17(12-15)24(26)27)13-18(21-23)14-7-5-9-16(11-14)22-30(28,29)4-2/h5-12,19,22H,3-4,13H2,1-2H3/t19-/m1/s1. The Bertz CT molecular complexity index is 1110. The van der Waals surface area contributed by atoms with Crippen LogP contribution in [0.15, 0.2) is 53.6 Å². The third-order valence-corrected chi connectivity index (χ3v) is 6.09. The van der Waals surface area contributed by atoms with E-state index >= 15 is 0 Å². The van der Waals surface area contributed by atoms with Gasteiger partial charge in [0.25, 0.3) is 5.69 Å². The van der Waals surface area contributed by atoms with Gasteiger partial charge in [0.2, 0.25) is 15.9 Å². The summed E-state index contributed by atoms with van der Waals surface area (Å²) in [7, 11) is -3.43. The minimum Gasteiger partial charge on any atom is -0.284 e. The zero-order valence-electron chi connectivity index (χ0n) is 16.6. The van der Waals surface area contributed by atoms with Crippen molar-refractivity contribution in [3.63, 3.8) is 0 Å². The number of nitrogens with zero attached hydrogens (tertiary/aromatic N) is 3. The van der Waals surface area contributed by atoms with E-state index < -0.39 is 21.0 Å². The molecule has 10 heteroatoms. The second-order valence-electron chi connectivity index (χ2n) is 6.80. The number of benzene rings is 2. The van der Waals surface area contributed by atoms with Gasteiger partial charge >= 0.3 is 0 Å². The fraction of sp³-hybridized carbons (Fsp3) is 0.300. The molecule has 0 unspecified atom stereocenters. The lowest BCUT2D eigenvalue weighted by molar-refractivity contribution is -0.384. The van der Waals surface area contributed by atoms with Crippen LogP contribution in [0.3, 0.4) is 0 Å². The summed E-state index contributed by atoms with van der Waals surface area (Å²) in [5.41, 5.74) is 2.25. The van der Waals surface area contributed by atoms with Crippen molar-refractivity contribution >= 4 is 33.0 Å². The minimum absolute atomic E-state index is 0.0498. The zero-order valence-corrected chi connectivity index (χ0v) is 17.4. The molecule has 2 aromatic carbocycles. The number of hydrogen-bond donors (Lipinski definition) is 1. The van der Waals surface area contributed by atoms with Crippen molar-refractivity contribution < 1.29 is 18.1 Å². The van der Waals surface area contributed by atoms with Gasteiger partial charge in [-0.15, -0.1) is 0 Å². The van der Waals surface area contributed by atoms with Crippen molar-refractivity contribution in [1.82, 2.24) is 5.01 Å². The van der Waals surface area contributed by atoms with Crippen LogP contribution in [0, 0.1) is 10.1 Å². The molecule has 1 heterocycles. The molecule has 1 amide bonds. The van der Waals surface area contributed by atoms with Crippen molar-refractivity contribution in [2.75, 3.05) is 10.5 Å². The number of hydrogen-bond acceptors (Lipinski definition) is 6. The van der Waals surface area contributed by atoms with E-state index in [1.807, 2.05) is 0 Å². The summed E-state index contributed by atoms with van der Waals surface area (Å²) < 4.78 is 26.2. The average molecular weight is 430 g/mol. The number of nitro groups is 1. The number of anilines is 1. The highest BCUT2D eigenvalue weighted by molar-refractivity contribution is 7.92. The molecule has 9 nitrogen and oxygen atoms in total. The van der Waals surface area contributed by atoms with Crippen LogP contribution in [0.5, 0.6) is 0 Å². The monoisotopic (exact) mass is 430 g/mol. The van der Waals surface area contributed by atoms with E-state index in [2.05, 4.69) is 9.82 Å². The molecule has 1 N–H and O–H groups in total. The molecular formula is C20H22N4O5S. The Kier molecular flexibility index (Phi) is 6.16. The highest BCUT2D eigenvalue weighted by Gasteiger charge is 2.33. The van der Waals surface area contributed by atoms with Crippen LogP contribution < -0.4 is 4.72 Å². The lowest BCUT2D eigenvalue weighted by atomic mass is 9.97. The summed E-state index contributed by atoms with van der Waals surface area (Å²) >= 11 is 0. The summed E-state index contributed by atoms with van der Waals surface area (Å²) in [6, 6.07) is 12.5. The van der Waals surface area contributed by atoms with E-state index in [9.17, 15) is 23.3 Å². The van der Waals surface area contributed by atoms with Gasteiger partial charge in [-0.1, -0.05) is 31.2 Å². The number of sulfonamides is 1. The van der Waals surface area contributed by atoms with E-state index in [1.165, 1.54) is 17.1 Å². The van der Waals surface area contributed by atoms with Crippen LogP contribution >= 0.6 is 0 Å². The predicted octanol–water partition coefficient (Wildman–Crippen LogP) is 3.44. The minimum atomic E-state index is -3.43. The summed E-state index contributed by atoms with van der Waals surface area (Å²) in [5, 5.41) is 17.0. The first-order valence-electron chi connectivity index (χ1n) is 9.49. The van der Waals surface area contributed by atoms with Crippen molar-refractivity contribution in [3.05, 3.63) is 69.8 Å². The highest BCUT2D eigenvalue weighted by atomic mass is 32.2. The van der Waals surface area contributed by atoms with Crippen molar-refractivity contribution in [2.45, 2.75) is 32.7 Å². The fourth-order valence-corrected chi connectivity index (χ4v) is 3.83. The smallest absolute Gasteiger partial charge is 0.269 e. The molecule has 1 atom stereocenters. The molecule has 0 aliphatic carbocycles. The van der Waals surface area contributed by atoms with Gasteiger partial charge in [0.05, 0.1) is 22.4 Å². The van der Waals surface area contributed by atoms with Crippen LogP contribution in [0.1, 0.15) is 43.9 Å². The van der Waals surface area contributed by atoms with Crippen LogP contribution in [0.2, 0.25) is 0 Å². The zero-order chi connectivity index (χ0) is 21.9. The molecule has 158 valence electrons. The summed E-state index contributed by atoms with van der Waals surface area (Å²) in [6.45, 7) is 3.27. The van der Waals surface area contributed by atoms with Crippen molar-refractivity contribution in [2.24, 2.45) is 5.10 Å². The molecule has 0 saturated carbocycles. The van der Waals surface area contributed by atoms with Gasteiger partial charge in [-0.05, 0) is 30.2 Å². The lowest BCUT2D eigenvalue weighted by Crippen LogP contribution is -2.26. The lowest BCUT2D eigenvalue weighted by Gasteiger charge is -2.21. The quantitative estimate of drug-likeness (QED) is 0.532. The molecule has 1 aliphatic heterocycles. The number of non-ortho nitro benzene ring substituents is 1. The second kappa shape index (κ2) is 8.62. The maximum atomic E-state index is 12.5. The fourth-order valence-electron chi connectivity index (χ4n) is 3.20. The van der Waals surface area contributed by atoms with Crippen molar-refractivity contribution in [3.8, 4) is 0 Å². The van der Waals surface area contributed by atoms with E-state index in [1.54, 1.807) is 50.2 Å². The molecule has 1 aliphatic rings. The van der Waals surface area contributed by atoms with Gasteiger partial charge in [-0.3, -0.25) is 19.6 Å². The number of carbonyl (C=O) groups is 1. The Labute approximate surface area is 174 Å². The molecular weight excluding hydrogens is 408 g/mol. The maximum Gasteiger partial charge on any atom is 0.269 e. The summed E-state index contributed by atoms with van der Waals surface area (Å²) in [5.74, 6) is -0.254. The molecule has 0 bridgehead atoms. The van der Waals surface area contributed by atoms with Crippen LogP contribution in [0.25, 0.3) is 0 Å². The predicted molar refractivity (Wildman–Crippen MR) is 114 cm³/mol. The Hall–Kier alpha value is -3.27. The number of rotatable bonds is 7. The average Bonchev–Trinajstić information content (AvgIpc) is 3.19. The van der Waals surface area contributed by atoms with E-state index in [-0.39, 0.29) is 23.8 Å². The van der Waals surface area contributed by atoms with Gasteiger partial charge in [-0.25, -0.2) is 13.4 Å². The Balaban J connectivity index is 1.95. The number of nitro benzene ring substituents is 1. The first-order chi connectivity index (χ1) is 14.2. The maximum absolute atomic E-state index is 12.5. The third kappa shape index (κ3) is 4.65. The molecule has 0 saturated heterocycles. The Morgan fingerprint density at radius 1 is 1.23 bits per heavy atom. The Morgan fingerprint density at radius 3 is 2.63 bits per heavy atom. The van der Waals surface area contributed by atoms with Crippen LogP contribution in [0.4, 0.5) is 11.4 Å². The van der Waals surface area contributed by atoms with E-state index in [4.69, 9.17) is 0 Å². The number of carbonyl (C=O) groups excluding carboxylic acids is 1. The SMILES string of the molecule is CCC(=O)N1N=C(c2cccc(NS(=O)(=O)CC)c2)C[C@@H]1c1cccc([N+](=O)[O-])c1. The first kappa shape index (κ1) is 21.4. The second-order valence-corrected chi connectivity index (χ2v) is 8.81. The largest absolute Gasteiger partial charge is 0.284 e. The van der Waals surface area contributed by atoms with Gasteiger partial charge in [0, 0.05) is 30.7 Å². The van der Waals surface area contributed by atoms with E-state index in [0.717, 1.165) is 0 Å². The van der Waals surface area contributed by atoms with E-state index in [0.29, 0.717) is 28.9 Å². The van der Waals surface area contributed by atoms with Crippen LogP contribution in [-0.2, 0) is 14.8 Å². The molecule has 3 rings (SSSR count). The molecule has 2 aromatic rings. The molecule has 0 radical (unpaired) electrons. The molecule has 0 spiro atoms. The molecule has 30 heavy (non-hydrogen) atoms. The van der Waals surface area contributed by atoms with Gasteiger partial charge in [0.15, 0.2) is 0 Å². The Morgan fingerprint density at radius 2 is 1.97 bits per heavy atom. The highest BCUT2D eigenvalue weighted by Crippen LogP contribution is 2.35. The number of amides is 1. The first-order valence-corrected chi connectivity index (χ1v) is 11.1. The van der Waals surface area contributed by atoms with Crippen LogP contribution in [-0.4, -0.2) is 35.7 Å². The number of nitrogens with one attached hydrogen (secondary N) is 1. The topological polar surface area (TPSA) is 122 Å². The molecule has 0 aromatic heterocycles. The van der Waals surface area contributed by atoms with Gasteiger partial charge in [0.1, 0.15) is 0 Å². The third-order valence-electron chi connectivity index (χ3n) is 4.78. The van der Waals surface area contributed by atoms with Gasteiger partial charge in [-0.2, -0.15) is 5.10 Å². The summed E-state index contributed by atoms with van der Waals surface area (Å²) in [4.78, 5) is 23.1. The normalized spacial score (nSPS) is 16.3. The molecule has 0 fully saturated rings. The van der Waals surface area contributed by atoms with Crippen molar-refractivity contribution in [1.29, 1.82) is 0 Å². The summed E-state index contributed by atoms with van der Waals surface area (Å²) in [6.07, 6.45) is 0.593. The number of hydrazone groups is 1. The van der Waals surface area contributed by atoms with Gasteiger partial charge < -0.3 is 0 Å².